The summed E-state index contributed by atoms with van der Waals surface area (Å²) in [7, 11) is 0. The van der Waals surface area contributed by atoms with Gasteiger partial charge < -0.3 is 9.80 Å². The summed E-state index contributed by atoms with van der Waals surface area (Å²) in [5.41, 5.74) is 0. The number of hydrogen-bond donors (Lipinski definition) is 0. The fourth-order valence-electron chi connectivity index (χ4n) is 4.32. The van der Waals surface area contributed by atoms with Crippen LogP contribution in [0.5, 0.6) is 0 Å². The van der Waals surface area contributed by atoms with E-state index in [1.807, 2.05) is 0 Å². The maximum atomic E-state index is 11.7. The van der Waals surface area contributed by atoms with Gasteiger partial charge in [0, 0.05) is 18.4 Å². The van der Waals surface area contributed by atoms with Crippen molar-refractivity contribution < 1.29 is 4.79 Å². The molecule has 2 saturated heterocycles. The molecule has 1 saturated carbocycles. The van der Waals surface area contributed by atoms with Gasteiger partial charge in [0.25, 0.3) is 0 Å². The van der Waals surface area contributed by atoms with Crippen molar-refractivity contribution in [2.24, 2.45) is 5.92 Å². The Balaban J connectivity index is 1.36. The summed E-state index contributed by atoms with van der Waals surface area (Å²) in [5, 5.41) is 0. The third-order valence-corrected chi connectivity index (χ3v) is 5.69. The molecule has 3 aliphatic rings. The molecule has 2 aliphatic heterocycles. The molecule has 114 valence electrons. The normalized spacial score (nSPS) is 31.0. The van der Waals surface area contributed by atoms with E-state index >= 15 is 0 Å². The first kappa shape index (κ1) is 14.5. The average molecular weight is 278 g/mol. The van der Waals surface area contributed by atoms with Gasteiger partial charge in [-0.3, -0.25) is 4.79 Å². The van der Waals surface area contributed by atoms with E-state index in [-0.39, 0.29) is 0 Å². The van der Waals surface area contributed by atoms with Crippen LogP contribution in [0.25, 0.3) is 0 Å². The molecule has 20 heavy (non-hydrogen) atoms. The number of carbonyl (C=O) groups excluding carboxylic acids is 1. The molecule has 0 aromatic carbocycles. The number of likely N-dealkylation sites (tertiary alicyclic amines) is 2. The van der Waals surface area contributed by atoms with Crippen molar-refractivity contribution in [3.63, 3.8) is 0 Å². The maximum Gasteiger partial charge on any atom is 0.136 e. The fraction of sp³-hybridized carbons (Fsp3) is 0.941. The number of nitrogens with zero attached hydrogens (tertiary/aromatic N) is 2. The quantitative estimate of drug-likeness (QED) is 0.790. The first-order valence-corrected chi connectivity index (χ1v) is 8.82. The summed E-state index contributed by atoms with van der Waals surface area (Å²) in [6.07, 6.45) is 11.2. The Morgan fingerprint density at radius 1 is 0.900 bits per heavy atom. The van der Waals surface area contributed by atoms with Crippen molar-refractivity contribution in [1.82, 2.24) is 9.80 Å². The van der Waals surface area contributed by atoms with Gasteiger partial charge in [0.1, 0.15) is 5.78 Å². The number of ketones is 1. The second-order valence-electron chi connectivity index (χ2n) is 7.01. The van der Waals surface area contributed by atoms with E-state index < -0.39 is 0 Å². The summed E-state index contributed by atoms with van der Waals surface area (Å²) < 4.78 is 0. The molecule has 2 heterocycles. The van der Waals surface area contributed by atoms with Crippen molar-refractivity contribution in [2.75, 3.05) is 32.7 Å². The molecule has 0 N–H and O–H groups in total. The van der Waals surface area contributed by atoms with Crippen LogP contribution in [0.1, 0.15) is 57.8 Å². The van der Waals surface area contributed by atoms with Gasteiger partial charge in [0.15, 0.2) is 0 Å². The predicted molar refractivity (Wildman–Crippen MR) is 81.9 cm³/mol. The highest BCUT2D eigenvalue weighted by atomic mass is 16.1. The molecule has 0 amide bonds. The highest BCUT2D eigenvalue weighted by molar-refractivity contribution is 5.82. The predicted octanol–water partition coefficient (Wildman–Crippen LogP) is 2.70. The van der Waals surface area contributed by atoms with Crippen LogP contribution in [-0.2, 0) is 4.79 Å². The Kier molecular flexibility index (Phi) is 5.11. The van der Waals surface area contributed by atoms with Crippen LogP contribution in [0, 0.1) is 5.92 Å². The van der Waals surface area contributed by atoms with Gasteiger partial charge in [-0.2, -0.15) is 0 Å². The number of Topliss-reactive ketones (excluding diaryl/α,β-unsaturated/α-hetero) is 1. The summed E-state index contributed by atoms with van der Waals surface area (Å²) in [6, 6.07) is 0.847. The molecule has 0 aromatic rings. The zero-order valence-electron chi connectivity index (χ0n) is 12.9. The summed E-state index contributed by atoms with van der Waals surface area (Å²) >= 11 is 0. The molecule has 1 aliphatic carbocycles. The zero-order valence-corrected chi connectivity index (χ0v) is 12.9. The molecule has 0 bridgehead atoms. The van der Waals surface area contributed by atoms with E-state index in [4.69, 9.17) is 0 Å². The Morgan fingerprint density at radius 2 is 1.65 bits per heavy atom. The number of hydrogen-bond acceptors (Lipinski definition) is 3. The van der Waals surface area contributed by atoms with Crippen molar-refractivity contribution in [1.29, 1.82) is 0 Å². The summed E-state index contributed by atoms with van der Waals surface area (Å²) in [4.78, 5) is 17.0. The SMILES string of the molecule is O=C1CCCC1CCN1CCC(N2CCCCC2)CC1. The minimum atomic E-state index is 0.398. The number of piperidine rings is 2. The lowest BCUT2D eigenvalue weighted by atomic mass is 9.98. The monoisotopic (exact) mass is 278 g/mol. The van der Waals surface area contributed by atoms with Crippen LogP contribution in [0.15, 0.2) is 0 Å². The van der Waals surface area contributed by atoms with Crippen LogP contribution in [0.2, 0.25) is 0 Å². The lowest BCUT2D eigenvalue weighted by Crippen LogP contribution is -2.47. The summed E-state index contributed by atoms with van der Waals surface area (Å²) in [5.74, 6) is 0.933. The van der Waals surface area contributed by atoms with Crippen molar-refractivity contribution in [3.05, 3.63) is 0 Å². The fourth-order valence-corrected chi connectivity index (χ4v) is 4.32. The molecule has 1 unspecified atom stereocenters. The maximum absolute atomic E-state index is 11.7. The molecule has 0 radical (unpaired) electrons. The van der Waals surface area contributed by atoms with Gasteiger partial charge >= 0.3 is 0 Å². The second-order valence-corrected chi connectivity index (χ2v) is 7.01. The van der Waals surface area contributed by atoms with Crippen LogP contribution in [-0.4, -0.2) is 54.3 Å². The van der Waals surface area contributed by atoms with Crippen LogP contribution in [0.3, 0.4) is 0 Å². The van der Waals surface area contributed by atoms with E-state index in [9.17, 15) is 4.79 Å². The summed E-state index contributed by atoms with van der Waals surface area (Å²) in [6.45, 7) is 6.33. The minimum absolute atomic E-state index is 0.398. The van der Waals surface area contributed by atoms with Crippen LogP contribution < -0.4 is 0 Å². The number of rotatable bonds is 4. The lowest BCUT2D eigenvalue weighted by molar-refractivity contribution is -0.120. The molecular weight excluding hydrogens is 248 g/mol. The van der Waals surface area contributed by atoms with Gasteiger partial charge in [-0.15, -0.1) is 0 Å². The lowest BCUT2D eigenvalue weighted by Gasteiger charge is -2.40. The highest BCUT2D eigenvalue weighted by Gasteiger charge is 2.28. The Labute approximate surface area is 123 Å². The standard InChI is InChI=1S/C17H30N2O/c20-17-6-4-5-15(17)7-12-18-13-8-16(9-14-18)19-10-2-1-3-11-19/h15-16H,1-14H2. The van der Waals surface area contributed by atoms with Gasteiger partial charge in [-0.1, -0.05) is 6.42 Å². The van der Waals surface area contributed by atoms with Crippen molar-refractivity contribution >= 4 is 5.78 Å². The Hall–Kier alpha value is -0.410. The van der Waals surface area contributed by atoms with E-state index in [1.165, 1.54) is 58.3 Å². The smallest absolute Gasteiger partial charge is 0.136 e. The molecule has 3 heteroatoms. The molecule has 3 fully saturated rings. The van der Waals surface area contributed by atoms with E-state index in [2.05, 4.69) is 9.80 Å². The van der Waals surface area contributed by atoms with Gasteiger partial charge in [0.2, 0.25) is 0 Å². The van der Waals surface area contributed by atoms with Crippen molar-refractivity contribution in [2.45, 2.75) is 63.8 Å². The molecule has 3 nitrogen and oxygen atoms in total. The second kappa shape index (κ2) is 7.04. The molecular formula is C17H30N2O. The first-order chi connectivity index (χ1) is 9.83. The van der Waals surface area contributed by atoms with E-state index in [0.717, 1.165) is 38.3 Å². The molecule has 1 atom stereocenters. The average Bonchev–Trinajstić information content (AvgIpc) is 2.92. The highest BCUT2D eigenvalue weighted by Crippen LogP contribution is 2.26. The third kappa shape index (κ3) is 3.62. The van der Waals surface area contributed by atoms with Crippen LogP contribution in [0.4, 0.5) is 0 Å². The molecule has 0 aromatic heterocycles. The van der Waals surface area contributed by atoms with Gasteiger partial charge in [-0.25, -0.2) is 0 Å². The molecule has 0 spiro atoms. The van der Waals surface area contributed by atoms with E-state index in [1.54, 1.807) is 0 Å². The van der Waals surface area contributed by atoms with E-state index in [0.29, 0.717) is 11.7 Å². The van der Waals surface area contributed by atoms with Gasteiger partial charge in [0.05, 0.1) is 0 Å². The van der Waals surface area contributed by atoms with Crippen LogP contribution >= 0.6 is 0 Å². The first-order valence-electron chi connectivity index (χ1n) is 8.82. The topological polar surface area (TPSA) is 23.6 Å². The van der Waals surface area contributed by atoms with Gasteiger partial charge in [-0.05, 0) is 77.7 Å². The van der Waals surface area contributed by atoms with Crippen molar-refractivity contribution in [3.8, 4) is 0 Å². The minimum Gasteiger partial charge on any atom is -0.303 e. The molecule has 3 rings (SSSR count). The zero-order chi connectivity index (χ0) is 13.8. The largest absolute Gasteiger partial charge is 0.303 e. The Morgan fingerprint density at radius 3 is 2.30 bits per heavy atom. The number of carbonyl (C=O) groups is 1. The third-order valence-electron chi connectivity index (χ3n) is 5.69. The Bertz CT molecular complexity index is 317.